The summed E-state index contributed by atoms with van der Waals surface area (Å²) in [5.41, 5.74) is 4.54. The van der Waals surface area contributed by atoms with Gasteiger partial charge in [0.2, 0.25) is 0 Å². The second-order valence-corrected chi connectivity index (χ2v) is 10.1. The quantitative estimate of drug-likeness (QED) is 0.0957. The Morgan fingerprint density at radius 3 is 2.58 bits per heavy atom. The molecule has 11 heteroatoms. The van der Waals surface area contributed by atoms with E-state index in [9.17, 15) is 19.7 Å². The third-order valence-corrected chi connectivity index (χ3v) is 6.65. The topological polar surface area (TPSA) is 138 Å². The highest BCUT2D eigenvalue weighted by atomic mass is 19.1. The van der Waals surface area contributed by atoms with E-state index in [0.717, 1.165) is 28.9 Å². The van der Waals surface area contributed by atoms with Gasteiger partial charge in [-0.3, -0.25) is 10.4 Å². The number of aromatic amines is 1. The van der Waals surface area contributed by atoms with Gasteiger partial charge in [0.05, 0.1) is 12.8 Å². The van der Waals surface area contributed by atoms with Gasteiger partial charge in [-0.1, -0.05) is 25.7 Å². The molecule has 0 spiro atoms. The number of allylic oxidation sites excluding steroid dienone is 5. The van der Waals surface area contributed by atoms with Gasteiger partial charge in [-0.05, 0) is 71.0 Å². The lowest BCUT2D eigenvalue weighted by Crippen LogP contribution is -2.36. The zero-order valence-electron chi connectivity index (χ0n) is 26.6. The van der Waals surface area contributed by atoms with Gasteiger partial charge in [0.15, 0.2) is 6.29 Å². The molecule has 0 aliphatic carbocycles. The summed E-state index contributed by atoms with van der Waals surface area (Å²) in [4.78, 5) is 1.94. The number of aliphatic hydroxyl groups excluding tert-OH is 2. The molecule has 240 valence electrons. The maximum atomic E-state index is 12.6. The smallest absolute Gasteiger partial charge is 0.155 e. The summed E-state index contributed by atoms with van der Waals surface area (Å²) in [6, 6.07) is 0. The van der Waals surface area contributed by atoms with Crippen molar-refractivity contribution in [2.24, 2.45) is 5.92 Å². The molecule has 1 aliphatic rings. The predicted octanol–water partition coefficient (Wildman–Crippen LogP) is 3.99. The standard InChI is InChI=1S/C23H36N6O3.C9H15FO/c1-5-20-19(13-16(2)22(30)26-10-8-17(14-24-3)23(31)32)21(28-27-20)18-7-6-9-25-11-12-29(4)15-18;1-5-6-9(11-4)7(2)8(3)10/h5-7,11-13,15,17,22-26,30-32H,1,8-10,14H2,2-4H3,(H,27,28);6H,5H2,1-4H3/b7-6-,12-11-,16-13+,18-15+;8-7+,9-6+. The molecule has 2 rings (SSSR count). The van der Waals surface area contributed by atoms with Crippen molar-refractivity contribution in [1.29, 1.82) is 0 Å². The van der Waals surface area contributed by atoms with Crippen molar-refractivity contribution in [3.8, 4) is 0 Å². The van der Waals surface area contributed by atoms with E-state index in [1.54, 1.807) is 27.2 Å². The number of hydrogen-bond donors (Lipinski definition) is 7. The number of H-pyrrole nitrogens is 1. The number of halogens is 1. The molecule has 2 heterocycles. The van der Waals surface area contributed by atoms with Crippen LogP contribution in [0.4, 0.5) is 4.39 Å². The average molecular weight is 603 g/mol. The van der Waals surface area contributed by atoms with Gasteiger partial charge < -0.3 is 35.6 Å². The molecule has 1 aromatic rings. The summed E-state index contributed by atoms with van der Waals surface area (Å²) in [5.74, 6) is 0.124. The molecule has 43 heavy (non-hydrogen) atoms. The van der Waals surface area contributed by atoms with Gasteiger partial charge in [-0.15, -0.1) is 0 Å². The Balaban J connectivity index is 0.000000712. The van der Waals surface area contributed by atoms with Crippen LogP contribution < -0.4 is 16.0 Å². The van der Waals surface area contributed by atoms with Crippen molar-refractivity contribution >= 4 is 17.7 Å². The van der Waals surface area contributed by atoms with E-state index in [4.69, 9.17) is 4.74 Å². The predicted molar refractivity (Wildman–Crippen MR) is 173 cm³/mol. The summed E-state index contributed by atoms with van der Waals surface area (Å²) in [6.07, 6.45) is 14.3. The molecular formula is C32H51FN6O4. The van der Waals surface area contributed by atoms with Gasteiger partial charge in [-0.25, -0.2) is 4.39 Å². The number of rotatable bonds is 14. The van der Waals surface area contributed by atoms with Gasteiger partial charge in [0.1, 0.15) is 23.5 Å². The van der Waals surface area contributed by atoms with E-state index < -0.39 is 12.5 Å². The average Bonchev–Trinajstić information content (AvgIpc) is 3.41. The molecular weight excluding hydrogens is 551 g/mol. The van der Waals surface area contributed by atoms with E-state index in [1.165, 1.54) is 6.92 Å². The van der Waals surface area contributed by atoms with E-state index in [-0.39, 0.29) is 11.7 Å². The fourth-order valence-corrected chi connectivity index (χ4v) is 4.06. The molecule has 0 fully saturated rings. The highest BCUT2D eigenvalue weighted by Crippen LogP contribution is 2.26. The summed E-state index contributed by atoms with van der Waals surface area (Å²) in [6.45, 7) is 12.4. The van der Waals surface area contributed by atoms with E-state index >= 15 is 0 Å². The number of ether oxygens (including phenoxy) is 1. The Bertz CT molecular complexity index is 1180. The van der Waals surface area contributed by atoms with Crippen molar-refractivity contribution in [2.45, 2.75) is 53.1 Å². The second-order valence-electron chi connectivity index (χ2n) is 10.1. The van der Waals surface area contributed by atoms with Crippen LogP contribution in [0.2, 0.25) is 0 Å². The Labute approximate surface area is 256 Å². The van der Waals surface area contributed by atoms with E-state index in [1.807, 2.05) is 68.7 Å². The van der Waals surface area contributed by atoms with Crippen molar-refractivity contribution in [2.75, 3.05) is 40.8 Å². The van der Waals surface area contributed by atoms with Gasteiger partial charge in [-0.2, -0.15) is 5.10 Å². The van der Waals surface area contributed by atoms with Crippen molar-refractivity contribution in [3.05, 3.63) is 83.1 Å². The third kappa shape index (κ3) is 13.1. The van der Waals surface area contributed by atoms with Crippen LogP contribution in [0.25, 0.3) is 17.7 Å². The van der Waals surface area contributed by atoms with Crippen molar-refractivity contribution in [3.63, 3.8) is 0 Å². The largest absolute Gasteiger partial charge is 0.497 e. The van der Waals surface area contributed by atoms with Crippen molar-refractivity contribution in [1.82, 2.24) is 31.0 Å². The number of aliphatic hydroxyl groups is 3. The van der Waals surface area contributed by atoms with E-state index in [2.05, 4.69) is 32.7 Å². The third-order valence-electron chi connectivity index (χ3n) is 6.65. The van der Waals surface area contributed by atoms with Gasteiger partial charge >= 0.3 is 0 Å². The first-order valence-corrected chi connectivity index (χ1v) is 14.4. The molecule has 0 saturated carbocycles. The maximum absolute atomic E-state index is 12.6. The lowest BCUT2D eigenvalue weighted by Gasteiger charge is -2.20. The monoisotopic (exact) mass is 602 g/mol. The minimum absolute atomic E-state index is 0.188. The lowest BCUT2D eigenvalue weighted by molar-refractivity contribution is -0.0847. The van der Waals surface area contributed by atoms with Crippen LogP contribution >= 0.6 is 0 Å². The number of methoxy groups -OCH3 is 1. The van der Waals surface area contributed by atoms with Crippen LogP contribution in [0, 0.1) is 5.92 Å². The molecule has 2 unspecified atom stereocenters. The SMILES string of the molecule is C=Cc1[nH]nc(C2=C/N(C)/C=C\NC/C=C\2)c1/C=C(\C)C(O)NCCC(CNC)C(O)O.CC/C=C(OC)\C(C)=C(/C)F. The van der Waals surface area contributed by atoms with Gasteiger partial charge in [0, 0.05) is 61.4 Å². The normalized spacial score (nSPS) is 18.9. The molecule has 10 nitrogen and oxygen atoms in total. The van der Waals surface area contributed by atoms with Crippen LogP contribution in [0.15, 0.2) is 66.1 Å². The van der Waals surface area contributed by atoms with E-state index in [0.29, 0.717) is 43.0 Å². The Kier molecular flexibility index (Phi) is 17.8. The molecule has 1 aliphatic heterocycles. The first-order valence-electron chi connectivity index (χ1n) is 14.4. The minimum atomic E-state index is -1.40. The molecule has 0 aromatic carbocycles. The molecule has 0 saturated heterocycles. The number of aromatic nitrogens is 2. The first kappa shape index (κ1) is 37.5. The minimum Gasteiger partial charge on any atom is -0.497 e. The summed E-state index contributed by atoms with van der Waals surface area (Å²) in [7, 11) is 5.25. The molecule has 7 N–H and O–H groups in total. The Morgan fingerprint density at radius 2 is 2.00 bits per heavy atom. The number of nitrogens with one attached hydrogen (secondary N) is 4. The zero-order chi connectivity index (χ0) is 32.4. The molecule has 2 atom stereocenters. The Hall–Kier alpha value is -3.48. The molecule has 0 radical (unpaired) electrons. The van der Waals surface area contributed by atoms with Crippen LogP contribution in [-0.2, 0) is 4.74 Å². The summed E-state index contributed by atoms with van der Waals surface area (Å²) >= 11 is 0. The number of hydrogen-bond acceptors (Lipinski definition) is 9. The number of nitrogens with zero attached hydrogens (tertiary/aromatic N) is 2. The van der Waals surface area contributed by atoms with Crippen LogP contribution in [-0.4, -0.2) is 83.8 Å². The Morgan fingerprint density at radius 1 is 1.28 bits per heavy atom. The molecule has 0 bridgehead atoms. The van der Waals surface area contributed by atoms with Crippen LogP contribution in [0.1, 0.15) is 57.5 Å². The second kappa shape index (κ2) is 20.4. The molecule has 1 aromatic heterocycles. The summed E-state index contributed by atoms with van der Waals surface area (Å²) in [5, 5.41) is 46.1. The van der Waals surface area contributed by atoms with Crippen LogP contribution in [0.3, 0.4) is 0 Å². The fourth-order valence-electron chi connectivity index (χ4n) is 4.06. The van der Waals surface area contributed by atoms with Crippen molar-refractivity contribution < 1.29 is 24.4 Å². The fraction of sp³-hybridized carbons (Fsp3) is 0.469. The molecule has 0 amide bonds. The maximum Gasteiger partial charge on any atom is 0.155 e. The van der Waals surface area contributed by atoms with Gasteiger partial charge in [0.25, 0.3) is 0 Å². The highest BCUT2D eigenvalue weighted by Gasteiger charge is 2.18. The summed E-state index contributed by atoms with van der Waals surface area (Å²) < 4.78 is 17.6. The zero-order valence-corrected chi connectivity index (χ0v) is 26.6. The lowest BCUT2D eigenvalue weighted by atomic mass is 10.0. The highest BCUT2D eigenvalue weighted by molar-refractivity contribution is 5.81. The first-order chi connectivity index (χ1) is 20.5. The van der Waals surface area contributed by atoms with Crippen LogP contribution in [0.5, 0.6) is 0 Å².